The molecule has 3 N–H and O–H groups in total. The molecular weight excluding hydrogens is 340 g/mol. The van der Waals surface area contributed by atoms with Crippen LogP contribution in [-0.4, -0.2) is 28.5 Å². The van der Waals surface area contributed by atoms with Gasteiger partial charge in [0.2, 0.25) is 5.91 Å². The number of hydrogen-bond acceptors (Lipinski definition) is 2. The highest BCUT2D eigenvalue weighted by Crippen LogP contribution is 2.35. The van der Waals surface area contributed by atoms with Crippen molar-refractivity contribution in [2.75, 3.05) is 6.54 Å². The van der Waals surface area contributed by atoms with Gasteiger partial charge in [-0.2, -0.15) is 0 Å². The van der Waals surface area contributed by atoms with E-state index in [2.05, 4.69) is 28.5 Å². The molecule has 27 heavy (non-hydrogen) atoms. The van der Waals surface area contributed by atoms with E-state index in [0.717, 1.165) is 22.0 Å². The maximum atomic E-state index is 12.5. The van der Waals surface area contributed by atoms with Crippen LogP contribution in [0.1, 0.15) is 29.9 Å². The minimum absolute atomic E-state index is 0.00495. The van der Waals surface area contributed by atoms with E-state index in [0.29, 0.717) is 19.4 Å². The van der Waals surface area contributed by atoms with Crippen LogP contribution in [0.2, 0.25) is 0 Å². The van der Waals surface area contributed by atoms with Gasteiger partial charge in [-0.05, 0) is 30.0 Å². The van der Waals surface area contributed by atoms with Gasteiger partial charge in [-0.25, -0.2) is 0 Å². The number of H-pyrrole nitrogens is 1. The lowest BCUT2D eigenvalue weighted by Gasteiger charge is -2.32. The molecule has 5 nitrogen and oxygen atoms in total. The summed E-state index contributed by atoms with van der Waals surface area (Å²) in [6, 6.07) is 18.2. The zero-order valence-electron chi connectivity index (χ0n) is 14.9. The largest absolute Gasteiger partial charge is 0.481 e. The van der Waals surface area contributed by atoms with Crippen LogP contribution in [0.5, 0.6) is 0 Å². The molecule has 2 aromatic carbocycles. The molecule has 3 aromatic rings. The van der Waals surface area contributed by atoms with Crippen molar-refractivity contribution in [1.82, 2.24) is 10.3 Å². The van der Waals surface area contributed by atoms with Gasteiger partial charge < -0.3 is 15.4 Å². The Balaban J connectivity index is 1.58. The molecule has 1 aliphatic rings. The Morgan fingerprint density at radius 1 is 1.04 bits per heavy atom. The monoisotopic (exact) mass is 362 g/mol. The number of carboxylic acid groups (broad SMARTS) is 1. The van der Waals surface area contributed by atoms with E-state index in [1.807, 2.05) is 42.6 Å². The third-order valence-electron chi connectivity index (χ3n) is 5.61. The number of nitrogens with one attached hydrogen (secondary N) is 2. The number of fused-ring (bicyclic) bond motifs is 1. The van der Waals surface area contributed by atoms with Gasteiger partial charge in [0.15, 0.2) is 0 Å². The maximum Gasteiger partial charge on any atom is 0.307 e. The summed E-state index contributed by atoms with van der Waals surface area (Å²) in [6.45, 7) is 0.438. The first-order valence-electron chi connectivity index (χ1n) is 9.26. The van der Waals surface area contributed by atoms with Crippen LogP contribution in [0.3, 0.4) is 0 Å². The van der Waals surface area contributed by atoms with Crippen LogP contribution < -0.4 is 5.32 Å². The Bertz CT molecular complexity index is 964. The molecule has 1 aliphatic carbocycles. The molecule has 0 saturated heterocycles. The molecule has 5 heteroatoms. The Kier molecular flexibility index (Phi) is 4.67. The van der Waals surface area contributed by atoms with Gasteiger partial charge in [0, 0.05) is 29.6 Å². The summed E-state index contributed by atoms with van der Waals surface area (Å²) in [7, 11) is 0. The zero-order chi connectivity index (χ0) is 18.8. The predicted molar refractivity (Wildman–Crippen MR) is 103 cm³/mol. The van der Waals surface area contributed by atoms with Crippen molar-refractivity contribution < 1.29 is 14.7 Å². The molecule has 1 heterocycles. The van der Waals surface area contributed by atoms with Crippen molar-refractivity contribution in [1.29, 1.82) is 0 Å². The fraction of sp³-hybridized carbons (Fsp3) is 0.273. The number of rotatable bonds is 6. The highest BCUT2D eigenvalue weighted by molar-refractivity contribution is 5.87. The summed E-state index contributed by atoms with van der Waals surface area (Å²) in [5.41, 5.74) is 3.30. The van der Waals surface area contributed by atoms with Gasteiger partial charge in [0.25, 0.3) is 0 Å². The molecule has 0 radical (unpaired) electrons. The van der Waals surface area contributed by atoms with Crippen LogP contribution in [0.4, 0.5) is 0 Å². The fourth-order valence-electron chi connectivity index (χ4n) is 3.92. The quantitative estimate of drug-likeness (QED) is 0.627. The molecule has 3 unspecified atom stereocenters. The molecule has 3 atom stereocenters. The predicted octanol–water partition coefficient (Wildman–Crippen LogP) is 3.53. The molecule has 0 spiro atoms. The number of hydrogen-bond donors (Lipinski definition) is 3. The van der Waals surface area contributed by atoms with E-state index >= 15 is 0 Å². The van der Waals surface area contributed by atoms with Crippen LogP contribution in [0, 0.1) is 11.8 Å². The Morgan fingerprint density at radius 3 is 2.44 bits per heavy atom. The summed E-state index contributed by atoms with van der Waals surface area (Å²) in [5, 5.41) is 13.3. The number of aromatic nitrogens is 1. The van der Waals surface area contributed by atoms with Crippen molar-refractivity contribution in [3.05, 3.63) is 71.9 Å². The molecule has 4 rings (SSSR count). The van der Waals surface area contributed by atoms with E-state index in [-0.39, 0.29) is 11.8 Å². The third-order valence-corrected chi connectivity index (χ3v) is 5.61. The molecule has 0 bridgehead atoms. The van der Waals surface area contributed by atoms with Crippen molar-refractivity contribution >= 4 is 22.8 Å². The normalized spacial score (nSPS) is 20.0. The maximum absolute atomic E-state index is 12.5. The van der Waals surface area contributed by atoms with E-state index in [1.165, 1.54) is 0 Å². The van der Waals surface area contributed by atoms with E-state index in [4.69, 9.17) is 0 Å². The molecular formula is C22H22N2O3. The smallest absolute Gasteiger partial charge is 0.307 e. The lowest BCUT2D eigenvalue weighted by Crippen LogP contribution is -2.45. The highest BCUT2D eigenvalue weighted by atomic mass is 16.4. The van der Waals surface area contributed by atoms with Crippen LogP contribution in [-0.2, 0) is 9.59 Å². The molecule has 0 aliphatic heterocycles. The second-order valence-electron chi connectivity index (χ2n) is 7.13. The summed E-state index contributed by atoms with van der Waals surface area (Å²) in [6.07, 6.45) is 3.22. The average Bonchev–Trinajstić information content (AvgIpc) is 3.05. The lowest BCUT2D eigenvalue weighted by molar-refractivity contribution is -0.152. The zero-order valence-corrected chi connectivity index (χ0v) is 14.9. The Labute approximate surface area is 157 Å². The summed E-state index contributed by atoms with van der Waals surface area (Å²) < 4.78 is 0. The highest BCUT2D eigenvalue weighted by Gasteiger charge is 2.41. The standard InChI is InChI=1S/C22H22N2O3/c25-21(16-10-11-17(16)22(26)27)24-12-18(14-6-2-1-3-7-14)19-13-23-20-9-5-4-8-15(19)20/h1-9,13,16-18,23H,10-12H2,(H,24,25)(H,26,27). The fourth-order valence-corrected chi connectivity index (χ4v) is 3.92. The summed E-state index contributed by atoms with van der Waals surface area (Å²) in [5.74, 6) is -2.00. The topological polar surface area (TPSA) is 82.2 Å². The number of para-hydroxylation sites is 1. The van der Waals surface area contributed by atoms with E-state index in [1.54, 1.807) is 0 Å². The van der Waals surface area contributed by atoms with Crippen molar-refractivity contribution in [2.24, 2.45) is 11.8 Å². The molecule has 1 amide bonds. The molecule has 1 aromatic heterocycles. The van der Waals surface area contributed by atoms with E-state index in [9.17, 15) is 14.7 Å². The summed E-state index contributed by atoms with van der Waals surface area (Å²) >= 11 is 0. The van der Waals surface area contributed by atoms with Gasteiger partial charge in [0.05, 0.1) is 11.8 Å². The number of amides is 1. The second kappa shape index (κ2) is 7.27. The number of aliphatic carboxylic acids is 1. The van der Waals surface area contributed by atoms with Crippen molar-refractivity contribution in [2.45, 2.75) is 18.8 Å². The van der Waals surface area contributed by atoms with Gasteiger partial charge in [-0.15, -0.1) is 0 Å². The van der Waals surface area contributed by atoms with E-state index < -0.39 is 17.8 Å². The van der Waals surface area contributed by atoms with Gasteiger partial charge in [-0.1, -0.05) is 48.5 Å². The van der Waals surface area contributed by atoms with Gasteiger partial charge in [-0.3, -0.25) is 9.59 Å². The third kappa shape index (κ3) is 3.33. The molecule has 1 fully saturated rings. The number of benzene rings is 2. The first-order valence-corrected chi connectivity index (χ1v) is 9.26. The number of carbonyl (C=O) groups excluding carboxylic acids is 1. The van der Waals surface area contributed by atoms with Gasteiger partial charge >= 0.3 is 5.97 Å². The average molecular weight is 362 g/mol. The second-order valence-corrected chi connectivity index (χ2v) is 7.13. The number of aromatic amines is 1. The SMILES string of the molecule is O=C(O)C1CCC1C(=O)NCC(c1ccccc1)c1c[nH]c2ccccc12. The lowest BCUT2D eigenvalue weighted by atomic mass is 9.73. The first kappa shape index (κ1) is 17.3. The Morgan fingerprint density at radius 2 is 1.74 bits per heavy atom. The van der Waals surface area contributed by atoms with Gasteiger partial charge in [0.1, 0.15) is 0 Å². The number of carboxylic acids is 1. The molecule has 138 valence electrons. The van der Waals surface area contributed by atoms with Crippen LogP contribution in [0.15, 0.2) is 60.8 Å². The van der Waals surface area contributed by atoms with Crippen molar-refractivity contribution in [3.63, 3.8) is 0 Å². The van der Waals surface area contributed by atoms with Crippen LogP contribution >= 0.6 is 0 Å². The summed E-state index contributed by atoms with van der Waals surface area (Å²) in [4.78, 5) is 27.0. The Hall–Kier alpha value is -3.08. The minimum Gasteiger partial charge on any atom is -0.481 e. The van der Waals surface area contributed by atoms with Crippen LogP contribution in [0.25, 0.3) is 10.9 Å². The minimum atomic E-state index is -0.877. The molecule has 1 saturated carbocycles. The first-order chi connectivity index (χ1) is 13.1. The number of carbonyl (C=O) groups is 2. The van der Waals surface area contributed by atoms with Crippen molar-refractivity contribution in [3.8, 4) is 0 Å².